The van der Waals surface area contributed by atoms with Crippen LogP contribution in [0.15, 0.2) is 0 Å². The smallest absolute Gasteiger partial charge is 0.235 e. The number of nitrogens with zero attached hydrogens (tertiary/aromatic N) is 2. The molecule has 0 aromatic heterocycles. The van der Waals surface area contributed by atoms with E-state index in [-0.39, 0.29) is 11.8 Å². The van der Waals surface area contributed by atoms with Crippen molar-refractivity contribution in [3.63, 3.8) is 0 Å². The fourth-order valence-electron chi connectivity index (χ4n) is 2.35. The number of piperidine rings is 1. The van der Waals surface area contributed by atoms with E-state index in [1.165, 1.54) is 6.42 Å². The molecule has 1 saturated heterocycles. The third-order valence-electron chi connectivity index (χ3n) is 4.15. The van der Waals surface area contributed by atoms with E-state index in [9.17, 15) is 10.1 Å². The molecule has 0 aromatic carbocycles. The Labute approximate surface area is 116 Å². The van der Waals surface area contributed by atoms with Crippen LogP contribution in [0.25, 0.3) is 0 Å². The maximum absolute atomic E-state index is 12.1. The molecule has 1 rings (SSSR count). The lowest BCUT2D eigenvalue weighted by Gasteiger charge is -2.35. The first kappa shape index (κ1) is 15.9. The van der Waals surface area contributed by atoms with Crippen LogP contribution in [-0.4, -0.2) is 42.0 Å². The van der Waals surface area contributed by atoms with Gasteiger partial charge >= 0.3 is 0 Å². The van der Waals surface area contributed by atoms with Crippen molar-refractivity contribution in [2.75, 3.05) is 19.6 Å². The van der Waals surface area contributed by atoms with Crippen LogP contribution in [0.3, 0.4) is 0 Å². The Bertz CT molecular complexity index is 350. The fourth-order valence-corrected chi connectivity index (χ4v) is 2.35. The van der Waals surface area contributed by atoms with Crippen molar-refractivity contribution in [1.29, 1.82) is 5.26 Å². The van der Waals surface area contributed by atoms with Gasteiger partial charge in [-0.05, 0) is 32.2 Å². The first-order chi connectivity index (χ1) is 8.92. The van der Waals surface area contributed by atoms with Gasteiger partial charge in [-0.25, -0.2) is 0 Å². The second kappa shape index (κ2) is 6.88. The number of carbonyl (C=O) groups excluding carboxylic acids is 1. The van der Waals surface area contributed by atoms with Crippen LogP contribution in [0.2, 0.25) is 0 Å². The summed E-state index contributed by atoms with van der Waals surface area (Å²) < 4.78 is 0. The molecule has 1 heterocycles. The Morgan fingerprint density at radius 3 is 2.79 bits per heavy atom. The van der Waals surface area contributed by atoms with Crippen LogP contribution in [0.4, 0.5) is 0 Å². The number of amides is 1. The molecule has 0 aliphatic carbocycles. The Balaban J connectivity index is 2.57. The molecule has 2 atom stereocenters. The summed E-state index contributed by atoms with van der Waals surface area (Å²) in [6.45, 7) is 7.49. The molecule has 0 saturated carbocycles. The fraction of sp³-hybridized carbons (Fsp3) is 0.857. The number of hydrogen-bond donors (Lipinski definition) is 2. The third kappa shape index (κ3) is 4.19. The normalized spacial score (nSPS) is 23.7. The quantitative estimate of drug-likeness (QED) is 0.773. The maximum atomic E-state index is 12.1. The zero-order valence-electron chi connectivity index (χ0n) is 12.3. The van der Waals surface area contributed by atoms with Crippen LogP contribution >= 0.6 is 0 Å². The third-order valence-corrected chi connectivity index (χ3v) is 4.15. The molecule has 1 amide bonds. The average Bonchev–Trinajstić information content (AvgIpc) is 2.38. The molecule has 5 nitrogen and oxygen atoms in total. The topological polar surface area (TPSA) is 82.2 Å². The minimum atomic E-state index is -0.801. The van der Waals surface area contributed by atoms with Crippen LogP contribution in [0.5, 0.6) is 0 Å². The summed E-state index contributed by atoms with van der Waals surface area (Å²) in [5, 5.41) is 12.1. The van der Waals surface area contributed by atoms with Gasteiger partial charge < -0.3 is 11.1 Å². The Hall–Kier alpha value is -1.12. The highest BCUT2D eigenvalue weighted by molar-refractivity contribution is 5.79. The van der Waals surface area contributed by atoms with Gasteiger partial charge in [0.25, 0.3) is 0 Å². The highest BCUT2D eigenvalue weighted by Crippen LogP contribution is 2.17. The van der Waals surface area contributed by atoms with Gasteiger partial charge in [0.15, 0.2) is 0 Å². The van der Waals surface area contributed by atoms with E-state index in [4.69, 9.17) is 5.73 Å². The monoisotopic (exact) mass is 266 g/mol. The van der Waals surface area contributed by atoms with E-state index in [1.807, 2.05) is 13.8 Å². The van der Waals surface area contributed by atoms with Gasteiger partial charge in [-0.15, -0.1) is 0 Å². The van der Waals surface area contributed by atoms with E-state index < -0.39 is 5.54 Å². The molecule has 5 heteroatoms. The van der Waals surface area contributed by atoms with Gasteiger partial charge in [0.2, 0.25) is 5.91 Å². The Morgan fingerprint density at radius 1 is 1.58 bits per heavy atom. The number of likely N-dealkylation sites (tertiary alicyclic amines) is 1. The summed E-state index contributed by atoms with van der Waals surface area (Å²) in [6.07, 6.45) is 3.36. The zero-order chi connectivity index (χ0) is 14.5. The number of rotatable bonds is 5. The van der Waals surface area contributed by atoms with Crippen LogP contribution < -0.4 is 11.1 Å². The van der Waals surface area contributed by atoms with Crippen molar-refractivity contribution < 1.29 is 4.79 Å². The maximum Gasteiger partial charge on any atom is 0.235 e. The molecule has 3 N–H and O–H groups in total. The summed E-state index contributed by atoms with van der Waals surface area (Å²) in [5.74, 6) is -0.00814. The lowest BCUT2D eigenvalue weighted by atomic mass is 9.90. The number of hydrogen-bond acceptors (Lipinski definition) is 4. The molecule has 0 radical (unpaired) electrons. The molecule has 0 spiro atoms. The summed E-state index contributed by atoms with van der Waals surface area (Å²) >= 11 is 0. The highest BCUT2D eigenvalue weighted by Gasteiger charge is 2.31. The molecule has 0 bridgehead atoms. The summed E-state index contributed by atoms with van der Waals surface area (Å²) in [7, 11) is 0. The standard InChI is InChI=1S/C14H26N4O/c1-11(2)14(3,10-16)17-13(19)9-18-7-5-4-6-12(18)8-15/h11-12H,4-9,15H2,1-3H3,(H,17,19). The SMILES string of the molecule is CC(C)C(C)(C#N)NC(=O)CN1CCCCC1CN. The zero-order valence-corrected chi connectivity index (χ0v) is 12.3. The summed E-state index contributed by atoms with van der Waals surface area (Å²) in [6, 6.07) is 2.49. The minimum Gasteiger partial charge on any atom is -0.337 e. The second-order valence-corrected chi connectivity index (χ2v) is 5.87. The molecular formula is C14H26N4O. The van der Waals surface area contributed by atoms with Crippen LogP contribution in [0.1, 0.15) is 40.0 Å². The first-order valence-electron chi connectivity index (χ1n) is 7.09. The number of nitriles is 1. The second-order valence-electron chi connectivity index (χ2n) is 5.87. The van der Waals surface area contributed by atoms with Gasteiger partial charge in [-0.1, -0.05) is 20.3 Å². The lowest BCUT2D eigenvalue weighted by Crippen LogP contribution is -2.54. The van der Waals surface area contributed by atoms with Gasteiger partial charge in [0.05, 0.1) is 12.6 Å². The van der Waals surface area contributed by atoms with E-state index in [2.05, 4.69) is 16.3 Å². The number of carbonyl (C=O) groups is 1. The largest absolute Gasteiger partial charge is 0.337 e. The van der Waals surface area contributed by atoms with E-state index >= 15 is 0 Å². The molecular weight excluding hydrogens is 240 g/mol. The van der Waals surface area contributed by atoms with Crippen molar-refractivity contribution in [2.45, 2.75) is 51.6 Å². The van der Waals surface area contributed by atoms with Crippen LogP contribution in [0, 0.1) is 17.2 Å². The molecule has 0 aromatic rings. The van der Waals surface area contributed by atoms with Crippen molar-refractivity contribution in [3.05, 3.63) is 0 Å². The molecule has 108 valence electrons. The predicted octanol–water partition coefficient (Wildman–Crippen LogP) is 0.854. The first-order valence-corrected chi connectivity index (χ1v) is 7.09. The van der Waals surface area contributed by atoms with Gasteiger partial charge in [0.1, 0.15) is 5.54 Å². The van der Waals surface area contributed by atoms with Crippen molar-refractivity contribution in [3.8, 4) is 6.07 Å². The van der Waals surface area contributed by atoms with E-state index in [1.54, 1.807) is 6.92 Å². The van der Waals surface area contributed by atoms with Gasteiger partial charge in [0, 0.05) is 12.6 Å². The Morgan fingerprint density at radius 2 is 2.26 bits per heavy atom. The van der Waals surface area contributed by atoms with Crippen molar-refractivity contribution in [2.24, 2.45) is 11.7 Å². The van der Waals surface area contributed by atoms with E-state index in [0.29, 0.717) is 19.1 Å². The summed E-state index contributed by atoms with van der Waals surface area (Å²) in [4.78, 5) is 14.2. The summed E-state index contributed by atoms with van der Waals surface area (Å²) in [5.41, 5.74) is 4.94. The number of nitrogens with one attached hydrogen (secondary N) is 1. The molecule has 1 aliphatic heterocycles. The molecule has 2 unspecified atom stereocenters. The van der Waals surface area contributed by atoms with Crippen molar-refractivity contribution >= 4 is 5.91 Å². The highest BCUT2D eigenvalue weighted by atomic mass is 16.2. The number of nitrogens with two attached hydrogens (primary N) is 1. The van der Waals surface area contributed by atoms with Crippen molar-refractivity contribution in [1.82, 2.24) is 10.2 Å². The average molecular weight is 266 g/mol. The van der Waals surface area contributed by atoms with Crippen LogP contribution in [-0.2, 0) is 4.79 Å². The minimum absolute atomic E-state index is 0.0770. The predicted molar refractivity (Wildman–Crippen MR) is 75.3 cm³/mol. The molecule has 19 heavy (non-hydrogen) atoms. The van der Waals surface area contributed by atoms with E-state index in [0.717, 1.165) is 19.4 Å². The van der Waals surface area contributed by atoms with Gasteiger partial charge in [-0.2, -0.15) is 5.26 Å². The Kier molecular flexibility index (Phi) is 5.77. The van der Waals surface area contributed by atoms with Gasteiger partial charge in [-0.3, -0.25) is 9.69 Å². The molecule has 1 aliphatic rings. The molecule has 1 fully saturated rings. The lowest BCUT2D eigenvalue weighted by molar-refractivity contribution is -0.124.